The van der Waals surface area contributed by atoms with Crippen LogP contribution in [-0.4, -0.2) is 34.2 Å². The molecule has 5 nitrogen and oxygen atoms in total. The van der Waals surface area contributed by atoms with Crippen molar-refractivity contribution < 1.29 is 13.2 Å². The van der Waals surface area contributed by atoms with Crippen molar-refractivity contribution in [3.05, 3.63) is 29.3 Å². The average molecular weight is 310 g/mol. The quantitative estimate of drug-likeness (QED) is 0.768. The first-order valence-electron chi connectivity index (χ1n) is 6.81. The molecule has 0 heterocycles. The molecule has 116 valence electrons. The van der Waals surface area contributed by atoms with Crippen molar-refractivity contribution in [3.63, 3.8) is 0 Å². The summed E-state index contributed by atoms with van der Waals surface area (Å²) >= 11 is 0. The molecule has 0 aromatic heterocycles. The van der Waals surface area contributed by atoms with E-state index >= 15 is 0 Å². The summed E-state index contributed by atoms with van der Waals surface area (Å²) in [6.07, 6.45) is -0.166. The van der Waals surface area contributed by atoms with Gasteiger partial charge in [0.1, 0.15) is 0 Å². The van der Waals surface area contributed by atoms with E-state index in [0.717, 1.165) is 11.1 Å². The summed E-state index contributed by atoms with van der Waals surface area (Å²) in [7, 11) is -3.54. The van der Waals surface area contributed by atoms with E-state index in [-0.39, 0.29) is 24.1 Å². The Morgan fingerprint density at radius 1 is 1.43 bits per heavy atom. The molecule has 0 spiro atoms. The second kappa shape index (κ2) is 8.15. The summed E-state index contributed by atoms with van der Waals surface area (Å²) in [6.45, 7) is 6.58. The highest BCUT2D eigenvalue weighted by Gasteiger charge is 2.16. The molecule has 1 aromatic rings. The highest BCUT2D eigenvalue weighted by Crippen LogP contribution is 2.14. The Labute approximate surface area is 126 Å². The van der Waals surface area contributed by atoms with Crippen LogP contribution in [0.15, 0.2) is 23.1 Å². The number of hydrogen-bond acceptors (Lipinski definition) is 4. The van der Waals surface area contributed by atoms with E-state index in [1.165, 1.54) is 0 Å². The minimum atomic E-state index is -3.54. The van der Waals surface area contributed by atoms with Gasteiger partial charge in [0.05, 0.1) is 17.5 Å². The van der Waals surface area contributed by atoms with Gasteiger partial charge in [-0.15, -0.1) is 0 Å². The monoisotopic (exact) mass is 310 g/mol. The third kappa shape index (κ3) is 5.48. The summed E-state index contributed by atoms with van der Waals surface area (Å²) in [5.74, 6) is 5.66. The molecule has 1 aromatic carbocycles. The summed E-state index contributed by atoms with van der Waals surface area (Å²) in [6, 6.07) is 4.84. The van der Waals surface area contributed by atoms with Gasteiger partial charge in [0, 0.05) is 18.7 Å². The summed E-state index contributed by atoms with van der Waals surface area (Å²) in [5.41, 5.74) is 6.91. The van der Waals surface area contributed by atoms with Crippen molar-refractivity contribution in [2.45, 2.75) is 31.8 Å². The largest absolute Gasteiger partial charge is 0.377 e. The van der Waals surface area contributed by atoms with Gasteiger partial charge < -0.3 is 10.5 Å². The molecular formula is C15H22N2O3S. The first kappa shape index (κ1) is 17.7. The Kier molecular flexibility index (Phi) is 6.85. The van der Waals surface area contributed by atoms with Gasteiger partial charge in [0.15, 0.2) is 0 Å². The van der Waals surface area contributed by atoms with Gasteiger partial charge in [0.25, 0.3) is 0 Å². The Hall–Kier alpha value is -1.39. The smallest absolute Gasteiger partial charge is 0.240 e. The fraction of sp³-hybridized carbons (Fsp3) is 0.467. The zero-order valence-corrected chi connectivity index (χ0v) is 13.5. The van der Waals surface area contributed by atoms with Crippen molar-refractivity contribution in [3.8, 4) is 11.8 Å². The zero-order chi connectivity index (χ0) is 15.9. The first-order valence-corrected chi connectivity index (χ1v) is 8.30. The molecule has 21 heavy (non-hydrogen) atoms. The first-order chi connectivity index (χ1) is 9.90. The average Bonchev–Trinajstić information content (AvgIpc) is 2.44. The number of aryl methyl sites for hydroxylation is 1. The molecule has 0 fully saturated rings. The van der Waals surface area contributed by atoms with Crippen LogP contribution in [0.25, 0.3) is 0 Å². The Balaban J connectivity index is 2.87. The number of rotatable bonds is 6. The van der Waals surface area contributed by atoms with Crippen LogP contribution in [0.2, 0.25) is 0 Å². The molecule has 0 aliphatic heterocycles. The van der Waals surface area contributed by atoms with Crippen molar-refractivity contribution >= 4 is 10.0 Å². The molecule has 1 atom stereocenters. The standard InChI is InChI=1S/C15H22N2O3S/c1-4-20-13(3)11-17-21(18,19)15-8-7-14(6-5-9-16)12(2)10-15/h7-8,10,13,17H,4,9,11,16H2,1-3H3. The molecule has 1 rings (SSSR count). The van der Waals surface area contributed by atoms with E-state index < -0.39 is 10.0 Å². The number of hydrogen-bond donors (Lipinski definition) is 2. The number of nitrogens with two attached hydrogens (primary N) is 1. The minimum Gasteiger partial charge on any atom is -0.377 e. The van der Waals surface area contributed by atoms with Crippen LogP contribution in [0.5, 0.6) is 0 Å². The molecule has 0 saturated heterocycles. The van der Waals surface area contributed by atoms with E-state index in [9.17, 15) is 8.42 Å². The topological polar surface area (TPSA) is 81.4 Å². The molecule has 0 aliphatic rings. The molecule has 6 heteroatoms. The second-order valence-electron chi connectivity index (χ2n) is 4.60. The van der Waals surface area contributed by atoms with E-state index in [1.807, 2.05) is 20.8 Å². The van der Waals surface area contributed by atoms with Crippen LogP contribution in [0.3, 0.4) is 0 Å². The van der Waals surface area contributed by atoms with Gasteiger partial charge in [-0.25, -0.2) is 13.1 Å². The second-order valence-corrected chi connectivity index (χ2v) is 6.37. The summed E-state index contributed by atoms with van der Waals surface area (Å²) in [5, 5.41) is 0. The minimum absolute atomic E-state index is 0.166. The molecule has 1 unspecified atom stereocenters. The third-order valence-electron chi connectivity index (χ3n) is 2.85. The lowest BCUT2D eigenvalue weighted by atomic mass is 10.1. The Bertz CT molecular complexity index is 630. The van der Waals surface area contributed by atoms with Crippen LogP contribution in [0.4, 0.5) is 0 Å². The SMILES string of the molecule is CCOC(C)CNS(=O)(=O)c1ccc(C#CCN)c(C)c1. The van der Waals surface area contributed by atoms with Crippen LogP contribution in [-0.2, 0) is 14.8 Å². The predicted molar refractivity (Wildman–Crippen MR) is 83.4 cm³/mol. The highest BCUT2D eigenvalue weighted by molar-refractivity contribution is 7.89. The Morgan fingerprint density at radius 3 is 2.71 bits per heavy atom. The van der Waals surface area contributed by atoms with E-state index in [0.29, 0.717) is 6.61 Å². The van der Waals surface area contributed by atoms with Crippen LogP contribution >= 0.6 is 0 Å². The van der Waals surface area contributed by atoms with Gasteiger partial charge in [-0.3, -0.25) is 0 Å². The van der Waals surface area contributed by atoms with Gasteiger partial charge in [0.2, 0.25) is 10.0 Å². The lowest BCUT2D eigenvalue weighted by Crippen LogP contribution is -2.32. The fourth-order valence-electron chi connectivity index (χ4n) is 1.74. The molecule has 0 aliphatic carbocycles. The molecule has 0 saturated carbocycles. The maximum Gasteiger partial charge on any atom is 0.240 e. The highest BCUT2D eigenvalue weighted by atomic mass is 32.2. The van der Waals surface area contributed by atoms with Crippen molar-refractivity contribution in [1.82, 2.24) is 4.72 Å². The van der Waals surface area contributed by atoms with E-state index in [4.69, 9.17) is 10.5 Å². The number of nitrogens with one attached hydrogen (secondary N) is 1. The maximum atomic E-state index is 12.2. The predicted octanol–water partition coefficient (Wildman–Crippen LogP) is 1.01. The van der Waals surface area contributed by atoms with E-state index in [2.05, 4.69) is 16.6 Å². The van der Waals surface area contributed by atoms with Crippen LogP contribution in [0.1, 0.15) is 25.0 Å². The van der Waals surface area contributed by atoms with Crippen LogP contribution in [0, 0.1) is 18.8 Å². The fourth-order valence-corrected chi connectivity index (χ4v) is 2.94. The Morgan fingerprint density at radius 2 is 2.14 bits per heavy atom. The molecular weight excluding hydrogens is 288 g/mol. The molecule has 0 amide bonds. The van der Waals surface area contributed by atoms with Gasteiger partial charge in [-0.2, -0.15) is 0 Å². The summed E-state index contributed by atoms with van der Waals surface area (Å²) < 4.78 is 32.2. The van der Waals surface area contributed by atoms with Gasteiger partial charge >= 0.3 is 0 Å². The number of sulfonamides is 1. The third-order valence-corrected chi connectivity index (χ3v) is 4.27. The molecule has 3 N–H and O–H groups in total. The number of benzene rings is 1. The van der Waals surface area contributed by atoms with Crippen molar-refractivity contribution in [2.24, 2.45) is 5.73 Å². The molecule has 0 radical (unpaired) electrons. The normalized spacial score (nSPS) is 12.6. The van der Waals surface area contributed by atoms with Gasteiger partial charge in [-0.05, 0) is 44.5 Å². The molecule has 0 bridgehead atoms. The van der Waals surface area contributed by atoms with Crippen LogP contribution < -0.4 is 10.5 Å². The summed E-state index contributed by atoms with van der Waals surface area (Å²) in [4.78, 5) is 0.224. The zero-order valence-electron chi connectivity index (χ0n) is 12.6. The maximum absolute atomic E-state index is 12.2. The van der Waals surface area contributed by atoms with Crippen molar-refractivity contribution in [2.75, 3.05) is 19.7 Å². The number of ether oxygens (including phenoxy) is 1. The van der Waals surface area contributed by atoms with E-state index in [1.54, 1.807) is 18.2 Å². The van der Waals surface area contributed by atoms with Gasteiger partial charge in [-0.1, -0.05) is 11.8 Å². The lowest BCUT2D eigenvalue weighted by molar-refractivity contribution is 0.0799. The van der Waals surface area contributed by atoms with Crippen molar-refractivity contribution in [1.29, 1.82) is 0 Å². The lowest BCUT2D eigenvalue weighted by Gasteiger charge is -2.13.